The second kappa shape index (κ2) is 4.71. The van der Waals surface area contributed by atoms with Crippen LogP contribution in [0.15, 0.2) is 18.2 Å². The zero-order chi connectivity index (χ0) is 13.3. The number of rotatable bonds is 4. The first-order valence-corrected chi connectivity index (χ1v) is 6.49. The van der Waals surface area contributed by atoms with E-state index >= 15 is 0 Å². The van der Waals surface area contributed by atoms with Crippen molar-refractivity contribution in [3.8, 4) is 5.75 Å². The lowest BCUT2D eigenvalue weighted by atomic mass is 9.61. The van der Waals surface area contributed by atoms with Crippen LogP contribution in [-0.2, 0) is 4.79 Å². The first-order chi connectivity index (χ1) is 8.53. The van der Waals surface area contributed by atoms with E-state index in [0.717, 1.165) is 18.4 Å². The molecule has 1 saturated carbocycles. The van der Waals surface area contributed by atoms with Gasteiger partial charge in [-0.25, -0.2) is 4.39 Å². The van der Waals surface area contributed by atoms with E-state index in [0.29, 0.717) is 12.2 Å². The first-order valence-electron chi connectivity index (χ1n) is 6.49. The summed E-state index contributed by atoms with van der Waals surface area (Å²) in [7, 11) is 0. The van der Waals surface area contributed by atoms with Gasteiger partial charge in [0.15, 0.2) is 0 Å². The number of Topliss-reactive ketones (excluding diaryl/α,β-unsaturated/α-hetero) is 1. The Labute approximate surface area is 107 Å². The van der Waals surface area contributed by atoms with Crippen LogP contribution in [-0.4, -0.2) is 11.9 Å². The third-order valence-electron chi connectivity index (χ3n) is 4.21. The first kappa shape index (κ1) is 13.1. The van der Waals surface area contributed by atoms with Crippen LogP contribution in [0.4, 0.5) is 4.39 Å². The van der Waals surface area contributed by atoms with Gasteiger partial charge in [-0.2, -0.15) is 0 Å². The van der Waals surface area contributed by atoms with E-state index in [2.05, 4.69) is 0 Å². The fourth-order valence-corrected chi connectivity index (χ4v) is 2.77. The number of aryl methyl sites for hydroxylation is 1. The van der Waals surface area contributed by atoms with Crippen molar-refractivity contribution < 1.29 is 13.9 Å². The average Bonchev–Trinajstić information content (AvgIpc) is 2.33. The second-order valence-electron chi connectivity index (χ2n) is 5.01. The molecule has 1 aromatic carbocycles. The maximum Gasteiger partial charge on any atom is 0.146 e. The molecule has 1 aromatic rings. The zero-order valence-corrected chi connectivity index (χ0v) is 11.1. The van der Waals surface area contributed by atoms with Crippen LogP contribution in [0.2, 0.25) is 0 Å². The minimum Gasteiger partial charge on any atom is -0.489 e. The van der Waals surface area contributed by atoms with Crippen molar-refractivity contribution >= 4 is 5.78 Å². The summed E-state index contributed by atoms with van der Waals surface area (Å²) < 4.78 is 18.9. The van der Waals surface area contributed by atoms with E-state index in [4.69, 9.17) is 4.74 Å². The van der Waals surface area contributed by atoms with Crippen molar-refractivity contribution in [2.24, 2.45) is 5.41 Å². The van der Waals surface area contributed by atoms with Crippen LogP contribution in [0.1, 0.15) is 38.7 Å². The third-order valence-corrected chi connectivity index (χ3v) is 4.21. The summed E-state index contributed by atoms with van der Waals surface area (Å²) in [6.07, 6.45) is 2.00. The SMILES string of the molecule is CCC1(CC)C(=O)CC1Oc1ccc(F)cc1C. The molecular weight excluding hydrogens is 231 g/mol. The van der Waals surface area contributed by atoms with Crippen molar-refractivity contribution in [1.29, 1.82) is 0 Å². The normalized spacial score (nSPS) is 21.6. The molecule has 2 nitrogen and oxygen atoms in total. The number of carbonyl (C=O) groups excluding carboxylic acids is 1. The van der Waals surface area contributed by atoms with Crippen LogP contribution in [0.25, 0.3) is 0 Å². The van der Waals surface area contributed by atoms with Crippen molar-refractivity contribution in [3.63, 3.8) is 0 Å². The summed E-state index contributed by atoms with van der Waals surface area (Å²) in [6.45, 7) is 5.86. The highest BCUT2D eigenvalue weighted by molar-refractivity contribution is 5.92. The lowest BCUT2D eigenvalue weighted by Gasteiger charge is -2.46. The summed E-state index contributed by atoms with van der Waals surface area (Å²) in [5.41, 5.74) is 0.441. The van der Waals surface area contributed by atoms with Gasteiger partial charge in [-0.05, 0) is 43.5 Å². The van der Waals surface area contributed by atoms with Crippen molar-refractivity contribution in [2.45, 2.75) is 46.1 Å². The molecule has 1 aliphatic carbocycles. The second-order valence-corrected chi connectivity index (χ2v) is 5.01. The Morgan fingerprint density at radius 3 is 2.56 bits per heavy atom. The van der Waals surface area contributed by atoms with Crippen LogP contribution in [0.5, 0.6) is 5.75 Å². The van der Waals surface area contributed by atoms with E-state index in [1.165, 1.54) is 12.1 Å². The van der Waals surface area contributed by atoms with Crippen LogP contribution < -0.4 is 4.74 Å². The van der Waals surface area contributed by atoms with Crippen LogP contribution in [0.3, 0.4) is 0 Å². The molecule has 0 heterocycles. The summed E-state index contributed by atoms with van der Waals surface area (Å²) in [4.78, 5) is 11.8. The highest BCUT2D eigenvalue weighted by atomic mass is 19.1. The predicted octanol–water partition coefficient (Wildman–Crippen LogP) is 3.66. The standard InChI is InChI=1S/C15H19FO2/c1-4-15(5-2)13(17)9-14(15)18-12-7-6-11(16)8-10(12)3/h6-8,14H,4-5,9H2,1-3H3. The van der Waals surface area contributed by atoms with Crippen LogP contribution >= 0.6 is 0 Å². The van der Waals surface area contributed by atoms with Gasteiger partial charge in [0, 0.05) is 6.42 Å². The van der Waals surface area contributed by atoms with Gasteiger partial charge < -0.3 is 4.74 Å². The highest BCUT2D eigenvalue weighted by Gasteiger charge is 2.53. The fraction of sp³-hybridized carbons (Fsp3) is 0.533. The summed E-state index contributed by atoms with van der Waals surface area (Å²) in [5.74, 6) is 0.708. The van der Waals surface area contributed by atoms with Gasteiger partial charge in [0.05, 0.1) is 5.41 Å². The monoisotopic (exact) mass is 250 g/mol. The largest absolute Gasteiger partial charge is 0.489 e. The molecule has 0 N–H and O–H groups in total. The molecule has 1 fully saturated rings. The summed E-state index contributed by atoms with van der Waals surface area (Å²) in [5, 5.41) is 0. The van der Waals surface area contributed by atoms with E-state index in [1.807, 2.05) is 20.8 Å². The molecule has 98 valence electrons. The Morgan fingerprint density at radius 1 is 1.39 bits per heavy atom. The maximum atomic E-state index is 13.0. The molecule has 0 spiro atoms. The fourth-order valence-electron chi connectivity index (χ4n) is 2.77. The van der Waals surface area contributed by atoms with Crippen LogP contribution in [0, 0.1) is 18.2 Å². The molecule has 1 atom stereocenters. The quantitative estimate of drug-likeness (QED) is 0.815. The van der Waals surface area contributed by atoms with Crippen molar-refractivity contribution in [2.75, 3.05) is 0 Å². The van der Waals surface area contributed by atoms with Gasteiger partial charge in [-0.1, -0.05) is 13.8 Å². The maximum absolute atomic E-state index is 13.0. The number of ketones is 1. The highest BCUT2D eigenvalue weighted by Crippen LogP contribution is 2.46. The van der Waals surface area contributed by atoms with Gasteiger partial charge in [0.1, 0.15) is 23.5 Å². The number of carbonyl (C=O) groups is 1. The minimum atomic E-state index is -0.333. The topological polar surface area (TPSA) is 26.3 Å². The Hall–Kier alpha value is -1.38. The van der Waals surface area contributed by atoms with E-state index in [-0.39, 0.29) is 23.1 Å². The number of ether oxygens (including phenoxy) is 1. The summed E-state index contributed by atoms with van der Waals surface area (Å²) in [6, 6.07) is 4.49. The number of benzene rings is 1. The van der Waals surface area contributed by atoms with Crippen molar-refractivity contribution in [1.82, 2.24) is 0 Å². The number of halogens is 1. The molecular formula is C15H19FO2. The number of hydrogen-bond acceptors (Lipinski definition) is 2. The summed E-state index contributed by atoms with van der Waals surface area (Å²) >= 11 is 0. The van der Waals surface area contributed by atoms with E-state index < -0.39 is 0 Å². The molecule has 0 amide bonds. The Kier molecular flexibility index (Phi) is 3.42. The third kappa shape index (κ3) is 1.92. The molecule has 0 radical (unpaired) electrons. The van der Waals surface area contributed by atoms with Crippen molar-refractivity contribution in [3.05, 3.63) is 29.6 Å². The Balaban J connectivity index is 2.17. The number of hydrogen-bond donors (Lipinski definition) is 0. The lowest BCUT2D eigenvalue weighted by molar-refractivity contribution is -0.153. The van der Waals surface area contributed by atoms with Gasteiger partial charge in [-0.15, -0.1) is 0 Å². The Morgan fingerprint density at radius 2 is 2.06 bits per heavy atom. The lowest BCUT2D eigenvalue weighted by Crippen LogP contribution is -2.56. The molecule has 18 heavy (non-hydrogen) atoms. The van der Waals surface area contributed by atoms with Gasteiger partial charge in [0.25, 0.3) is 0 Å². The van der Waals surface area contributed by atoms with Gasteiger partial charge in [0.2, 0.25) is 0 Å². The van der Waals surface area contributed by atoms with Gasteiger partial charge in [-0.3, -0.25) is 4.79 Å². The minimum absolute atomic E-state index is 0.0656. The molecule has 1 aliphatic rings. The molecule has 0 aromatic heterocycles. The molecule has 0 aliphatic heterocycles. The smallest absolute Gasteiger partial charge is 0.146 e. The molecule has 1 unspecified atom stereocenters. The molecule has 2 rings (SSSR count). The molecule has 0 saturated heterocycles. The molecule has 3 heteroatoms. The van der Waals surface area contributed by atoms with Gasteiger partial charge >= 0.3 is 0 Å². The Bertz CT molecular complexity index is 464. The van der Waals surface area contributed by atoms with E-state index in [9.17, 15) is 9.18 Å². The predicted molar refractivity (Wildman–Crippen MR) is 68.2 cm³/mol. The van der Waals surface area contributed by atoms with E-state index in [1.54, 1.807) is 6.07 Å². The molecule has 0 bridgehead atoms. The zero-order valence-electron chi connectivity index (χ0n) is 11.1. The average molecular weight is 250 g/mol.